The summed E-state index contributed by atoms with van der Waals surface area (Å²) in [6.07, 6.45) is 10.7. The average molecular weight is 237 g/mol. The van der Waals surface area contributed by atoms with Crippen molar-refractivity contribution in [2.75, 3.05) is 0 Å². The normalized spacial score (nSPS) is 11.3. The lowest BCUT2D eigenvalue weighted by molar-refractivity contribution is 0.478. The first-order valence-corrected chi connectivity index (χ1v) is 7.11. The van der Waals surface area contributed by atoms with E-state index in [4.69, 9.17) is 0 Å². The van der Waals surface area contributed by atoms with Crippen molar-refractivity contribution in [3.63, 3.8) is 0 Å². The molecule has 0 aliphatic rings. The van der Waals surface area contributed by atoms with Crippen LogP contribution in [0.15, 0.2) is 6.20 Å². The predicted octanol–water partition coefficient (Wildman–Crippen LogP) is 3.84. The molecular weight excluding hydrogens is 210 g/mol. The van der Waals surface area contributed by atoms with E-state index in [1.165, 1.54) is 44.2 Å². The average Bonchev–Trinajstić information content (AvgIpc) is 2.73. The van der Waals surface area contributed by atoms with Gasteiger partial charge in [-0.05, 0) is 25.2 Å². The first-order chi connectivity index (χ1) is 8.24. The van der Waals surface area contributed by atoms with E-state index in [2.05, 4.69) is 35.8 Å². The zero-order valence-corrected chi connectivity index (χ0v) is 11.7. The molecule has 17 heavy (non-hydrogen) atoms. The Kier molecular flexibility index (Phi) is 6.90. The zero-order chi connectivity index (χ0) is 12.5. The Balaban J connectivity index is 2.19. The number of hydrogen-bond donors (Lipinski definition) is 0. The van der Waals surface area contributed by atoms with Crippen LogP contribution in [0, 0.1) is 5.92 Å². The Hall–Kier alpha value is -0.860. The van der Waals surface area contributed by atoms with Gasteiger partial charge in [0.15, 0.2) is 0 Å². The van der Waals surface area contributed by atoms with Gasteiger partial charge in [-0.15, -0.1) is 5.10 Å². The Labute approximate surface area is 106 Å². The first kappa shape index (κ1) is 14.2. The van der Waals surface area contributed by atoms with Crippen LogP contribution in [0.2, 0.25) is 0 Å². The molecule has 0 bridgehead atoms. The van der Waals surface area contributed by atoms with E-state index >= 15 is 0 Å². The largest absolute Gasteiger partial charge is 0.249 e. The quantitative estimate of drug-likeness (QED) is 0.611. The molecule has 0 unspecified atom stereocenters. The summed E-state index contributed by atoms with van der Waals surface area (Å²) in [4.78, 5) is 0. The van der Waals surface area contributed by atoms with Crippen molar-refractivity contribution in [3.05, 3.63) is 11.9 Å². The standard InChI is InChI=1S/C14H27N3/c1-4-5-10-14-12-15-16-17(14)11-8-6-7-9-13(2)3/h12-13H,4-11H2,1-3H3. The topological polar surface area (TPSA) is 30.7 Å². The van der Waals surface area contributed by atoms with Crippen molar-refractivity contribution in [1.82, 2.24) is 15.0 Å². The van der Waals surface area contributed by atoms with Crippen molar-refractivity contribution in [2.45, 2.75) is 72.3 Å². The van der Waals surface area contributed by atoms with Crippen LogP contribution in [0.4, 0.5) is 0 Å². The third-order valence-electron chi connectivity index (χ3n) is 3.14. The zero-order valence-electron chi connectivity index (χ0n) is 11.7. The minimum Gasteiger partial charge on any atom is -0.249 e. The summed E-state index contributed by atoms with van der Waals surface area (Å²) < 4.78 is 2.09. The maximum atomic E-state index is 4.17. The molecule has 1 heterocycles. The highest BCUT2D eigenvalue weighted by atomic mass is 15.4. The van der Waals surface area contributed by atoms with Crippen molar-refractivity contribution >= 4 is 0 Å². The van der Waals surface area contributed by atoms with Gasteiger partial charge in [-0.2, -0.15) is 0 Å². The second-order valence-electron chi connectivity index (χ2n) is 5.30. The Morgan fingerprint density at radius 2 is 2.00 bits per heavy atom. The molecule has 3 nitrogen and oxygen atoms in total. The number of rotatable bonds is 9. The summed E-state index contributed by atoms with van der Waals surface area (Å²) in [5.74, 6) is 0.835. The highest BCUT2D eigenvalue weighted by Gasteiger charge is 2.03. The van der Waals surface area contributed by atoms with Gasteiger partial charge in [0.1, 0.15) is 0 Å². The third-order valence-corrected chi connectivity index (χ3v) is 3.14. The molecule has 0 aromatic carbocycles. The minimum atomic E-state index is 0.835. The van der Waals surface area contributed by atoms with Crippen LogP contribution in [-0.2, 0) is 13.0 Å². The summed E-state index contributed by atoms with van der Waals surface area (Å²) in [5.41, 5.74) is 1.30. The van der Waals surface area contributed by atoms with Crippen LogP contribution in [-0.4, -0.2) is 15.0 Å². The fraction of sp³-hybridized carbons (Fsp3) is 0.857. The molecule has 1 rings (SSSR count). The maximum Gasteiger partial charge on any atom is 0.0725 e. The van der Waals surface area contributed by atoms with Gasteiger partial charge in [0.25, 0.3) is 0 Å². The molecule has 0 aliphatic heterocycles. The third kappa shape index (κ3) is 5.85. The highest BCUT2D eigenvalue weighted by Crippen LogP contribution is 2.10. The molecule has 1 aromatic heterocycles. The second-order valence-corrected chi connectivity index (χ2v) is 5.30. The van der Waals surface area contributed by atoms with E-state index < -0.39 is 0 Å². The monoisotopic (exact) mass is 237 g/mol. The van der Waals surface area contributed by atoms with E-state index in [9.17, 15) is 0 Å². The Bertz CT molecular complexity index is 291. The molecular formula is C14H27N3. The summed E-state index contributed by atoms with van der Waals surface area (Å²) in [5, 5.41) is 8.18. The number of nitrogens with zero attached hydrogens (tertiary/aromatic N) is 3. The first-order valence-electron chi connectivity index (χ1n) is 7.11. The number of aromatic nitrogens is 3. The molecule has 0 aliphatic carbocycles. The van der Waals surface area contributed by atoms with E-state index in [0.29, 0.717) is 0 Å². The van der Waals surface area contributed by atoms with Gasteiger partial charge in [-0.25, -0.2) is 4.68 Å². The van der Waals surface area contributed by atoms with Crippen LogP contribution >= 0.6 is 0 Å². The second kappa shape index (κ2) is 8.26. The van der Waals surface area contributed by atoms with Crippen molar-refractivity contribution < 1.29 is 0 Å². The smallest absolute Gasteiger partial charge is 0.0725 e. The molecule has 0 saturated carbocycles. The van der Waals surface area contributed by atoms with Crippen LogP contribution < -0.4 is 0 Å². The molecule has 1 aromatic rings. The van der Waals surface area contributed by atoms with Crippen LogP contribution in [0.5, 0.6) is 0 Å². The summed E-state index contributed by atoms with van der Waals surface area (Å²) in [6.45, 7) is 7.84. The maximum absolute atomic E-state index is 4.17. The molecule has 0 spiro atoms. The van der Waals surface area contributed by atoms with Gasteiger partial charge in [0, 0.05) is 6.54 Å². The van der Waals surface area contributed by atoms with E-state index in [0.717, 1.165) is 18.9 Å². The van der Waals surface area contributed by atoms with Crippen molar-refractivity contribution in [1.29, 1.82) is 0 Å². The summed E-state index contributed by atoms with van der Waals surface area (Å²) >= 11 is 0. The van der Waals surface area contributed by atoms with E-state index in [-0.39, 0.29) is 0 Å². The van der Waals surface area contributed by atoms with E-state index in [1.807, 2.05) is 6.20 Å². The van der Waals surface area contributed by atoms with Crippen LogP contribution in [0.25, 0.3) is 0 Å². The fourth-order valence-electron chi connectivity index (χ4n) is 2.01. The molecule has 3 heteroatoms. The Morgan fingerprint density at radius 3 is 2.71 bits per heavy atom. The summed E-state index contributed by atoms with van der Waals surface area (Å²) in [6, 6.07) is 0. The van der Waals surface area contributed by atoms with Gasteiger partial charge in [0.2, 0.25) is 0 Å². The lowest BCUT2D eigenvalue weighted by Crippen LogP contribution is -2.05. The lowest BCUT2D eigenvalue weighted by atomic mass is 10.1. The predicted molar refractivity (Wildman–Crippen MR) is 71.9 cm³/mol. The van der Waals surface area contributed by atoms with Gasteiger partial charge in [0.05, 0.1) is 11.9 Å². The molecule has 0 radical (unpaired) electrons. The number of unbranched alkanes of at least 4 members (excludes halogenated alkanes) is 3. The van der Waals surface area contributed by atoms with Gasteiger partial charge in [-0.3, -0.25) is 0 Å². The van der Waals surface area contributed by atoms with Gasteiger partial charge >= 0.3 is 0 Å². The van der Waals surface area contributed by atoms with E-state index in [1.54, 1.807) is 0 Å². The lowest BCUT2D eigenvalue weighted by Gasteiger charge is -2.06. The molecule has 0 atom stereocenters. The number of aryl methyl sites for hydroxylation is 2. The Morgan fingerprint density at radius 1 is 1.18 bits per heavy atom. The van der Waals surface area contributed by atoms with Crippen LogP contribution in [0.1, 0.15) is 65.0 Å². The SMILES string of the molecule is CCCCc1cnnn1CCCCCC(C)C. The highest BCUT2D eigenvalue weighted by molar-refractivity contribution is 4.93. The summed E-state index contributed by atoms with van der Waals surface area (Å²) in [7, 11) is 0. The minimum absolute atomic E-state index is 0.835. The van der Waals surface area contributed by atoms with Crippen molar-refractivity contribution in [2.24, 2.45) is 5.92 Å². The molecule has 0 fully saturated rings. The molecule has 0 amide bonds. The van der Waals surface area contributed by atoms with Crippen molar-refractivity contribution in [3.8, 4) is 0 Å². The number of hydrogen-bond acceptors (Lipinski definition) is 2. The van der Waals surface area contributed by atoms with Crippen LogP contribution in [0.3, 0.4) is 0 Å². The fourth-order valence-corrected chi connectivity index (χ4v) is 2.01. The molecule has 98 valence electrons. The molecule has 0 saturated heterocycles. The van der Waals surface area contributed by atoms with Gasteiger partial charge < -0.3 is 0 Å². The molecule has 0 N–H and O–H groups in total. The van der Waals surface area contributed by atoms with Gasteiger partial charge in [-0.1, -0.05) is 51.7 Å².